The van der Waals surface area contributed by atoms with Gasteiger partial charge in [0.15, 0.2) is 23.0 Å². The summed E-state index contributed by atoms with van der Waals surface area (Å²) in [6.07, 6.45) is 1.03. The van der Waals surface area contributed by atoms with Gasteiger partial charge in [-0.25, -0.2) is 18.2 Å². The molecule has 2 aromatic carbocycles. The summed E-state index contributed by atoms with van der Waals surface area (Å²) in [7, 11) is 1.29. The summed E-state index contributed by atoms with van der Waals surface area (Å²) in [5.41, 5.74) is 1.31. The van der Waals surface area contributed by atoms with Crippen LogP contribution in [-0.2, 0) is 0 Å². The van der Waals surface area contributed by atoms with Gasteiger partial charge in [0.2, 0.25) is 11.7 Å². The van der Waals surface area contributed by atoms with Crippen molar-refractivity contribution in [1.82, 2.24) is 4.98 Å². The van der Waals surface area contributed by atoms with Crippen LogP contribution in [0.5, 0.6) is 5.75 Å². The minimum absolute atomic E-state index is 0.0301. The number of nitrogens with zero attached hydrogens (tertiary/aromatic N) is 1. The van der Waals surface area contributed by atoms with Crippen LogP contribution in [0.1, 0.15) is 37.5 Å². The molecule has 3 aromatic rings. The van der Waals surface area contributed by atoms with Gasteiger partial charge in [0.05, 0.1) is 7.11 Å². The number of fused-ring (bicyclic) bond motifs is 1. The van der Waals surface area contributed by atoms with E-state index in [0.29, 0.717) is 29.8 Å². The Bertz CT molecular complexity index is 980. The molecule has 0 unspecified atom stereocenters. The summed E-state index contributed by atoms with van der Waals surface area (Å²) >= 11 is 1.12. The molecular weight excluding hydrogens is 408 g/mol. The van der Waals surface area contributed by atoms with E-state index in [0.717, 1.165) is 22.9 Å². The Labute approximate surface area is 169 Å². The number of benzene rings is 2. The van der Waals surface area contributed by atoms with Gasteiger partial charge in [-0.15, -0.1) is 0 Å². The van der Waals surface area contributed by atoms with Crippen LogP contribution >= 0.6 is 11.9 Å². The van der Waals surface area contributed by atoms with E-state index < -0.39 is 17.6 Å². The van der Waals surface area contributed by atoms with Crippen molar-refractivity contribution in [3.8, 4) is 5.75 Å². The molecule has 1 aliphatic carbocycles. The van der Waals surface area contributed by atoms with Crippen LogP contribution in [0.3, 0.4) is 0 Å². The Morgan fingerprint density at radius 1 is 1.24 bits per heavy atom. The second-order valence-corrected chi connectivity index (χ2v) is 7.41. The number of aromatic nitrogens is 1. The largest absolute Gasteiger partial charge is 0.494 e. The molecule has 9 heteroatoms. The minimum atomic E-state index is -2.60. The van der Waals surface area contributed by atoms with Gasteiger partial charge in [0, 0.05) is 23.7 Å². The molecule has 2 N–H and O–H groups in total. The van der Waals surface area contributed by atoms with Gasteiger partial charge in [-0.2, -0.15) is 4.39 Å². The van der Waals surface area contributed by atoms with Gasteiger partial charge in [0.1, 0.15) is 5.52 Å². The predicted molar refractivity (Wildman–Crippen MR) is 103 cm³/mol. The molecule has 156 valence electrons. The molecule has 0 aliphatic heterocycles. The van der Waals surface area contributed by atoms with E-state index in [1.165, 1.54) is 19.2 Å². The van der Waals surface area contributed by atoms with E-state index >= 15 is 0 Å². The van der Waals surface area contributed by atoms with E-state index in [1.807, 2.05) is 6.07 Å². The van der Waals surface area contributed by atoms with Gasteiger partial charge < -0.3 is 9.15 Å². The van der Waals surface area contributed by atoms with Crippen molar-refractivity contribution in [2.75, 3.05) is 7.11 Å². The molecule has 1 aromatic heterocycles. The molecule has 1 heterocycles. The first-order valence-corrected chi connectivity index (χ1v) is 9.84. The number of halogens is 4. The minimum Gasteiger partial charge on any atom is -0.494 e. The molecule has 1 fully saturated rings. The van der Waals surface area contributed by atoms with E-state index in [-0.39, 0.29) is 24.5 Å². The first-order valence-electron chi connectivity index (χ1n) is 8.96. The molecule has 0 bridgehead atoms. The maximum Gasteiger partial charge on any atom is 0.248 e. The van der Waals surface area contributed by atoms with E-state index in [4.69, 9.17) is 9.56 Å². The Kier molecular flexibility index (Phi) is 6.69. The van der Waals surface area contributed by atoms with Crippen LogP contribution in [0.25, 0.3) is 11.1 Å². The Balaban J connectivity index is 0.000000204. The zero-order valence-electron chi connectivity index (χ0n) is 15.6. The highest BCUT2D eigenvalue weighted by molar-refractivity contribution is 7.97. The standard InChI is InChI=1S/C13H14F2N2OS.C7H6F2O/c14-13(15)5-1-2-8(7-13)12-17-10-4-3-9(19-16)6-11(10)18-12;1-10-6-4-2-3-5(8)7(6)9/h3-4,6,8H,1-2,5,7,16H2;2-4H,1H3/t8-;/m0./s1. The number of ether oxygens (including phenoxy) is 1. The van der Waals surface area contributed by atoms with Crippen molar-refractivity contribution in [3.05, 3.63) is 53.9 Å². The van der Waals surface area contributed by atoms with Gasteiger partial charge in [-0.3, -0.25) is 5.14 Å². The van der Waals surface area contributed by atoms with Gasteiger partial charge in [0.25, 0.3) is 0 Å². The normalized spacial score (nSPS) is 18.2. The van der Waals surface area contributed by atoms with Crippen LogP contribution in [0.2, 0.25) is 0 Å². The van der Waals surface area contributed by atoms with Crippen molar-refractivity contribution >= 4 is 23.0 Å². The lowest BCUT2D eigenvalue weighted by atomic mass is 9.86. The summed E-state index contributed by atoms with van der Waals surface area (Å²) < 4.78 is 61.8. The van der Waals surface area contributed by atoms with Crippen molar-refractivity contribution < 1.29 is 26.7 Å². The maximum absolute atomic E-state index is 13.4. The molecule has 4 nitrogen and oxygen atoms in total. The van der Waals surface area contributed by atoms with Gasteiger partial charge in [-0.05, 0) is 55.1 Å². The molecule has 1 aliphatic rings. The Hall–Kier alpha value is -2.26. The van der Waals surface area contributed by atoms with Crippen LogP contribution in [0, 0.1) is 11.6 Å². The monoisotopic (exact) mass is 428 g/mol. The number of oxazole rings is 1. The van der Waals surface area contributed by atoms with Crippen molar-refractivity contribution in [2.24, 2.45) is 5.14 Å². The molecule has 29 heavy (non-hydrogen) atoms. The van der Waals surface area contributed by atoms with Crippen LogP contribution < -0.4 is 9.88 Å². The quantitative estimate of drug-likeness (QED) is 0.406. The van der Waals surface area contributed by atoms with Gasteiger partial charge >= 0.3 is 0 Å². The molecule has 1 atom stereocenters. The van der Waals surface area contributed by atoms with Crippen LogP contribution in [-0.4, -0.2) is 18.0 Å². The average molecular weight is 428 g/mol. The number of hydrogen-bond acceptors (Lipinski definition) is 5. The molecule has 0 amide bonds. The molecule has 1 saturated carbocycles. The highest BCUT2D eigenvalue weighted by Gasteiger charge is 2.38. The highest BCUT2D eigenvalue weighted by Crippen LogP contribution is 2.42. The van der Waals surface area contributed by atoms with Gasteiger partial charge in [-0.1, -0.05) is 6.07 Å². The zero-order chi connectivity index (χ0) is 21.0. The second-order valence-electron chi connectivity index (χ2n) is 6.70. The lowest BCUT2D eigenvalue weighted by Gasteiger charge is -2.26. The predicted octanol–water partition coefficient (Wildman–Crippen LogP) is 6.06. The van der Waals surface area contributed by atoms with E-state index in [9.17, 15) is 17.6 Å². The number of methoxy groups -OCH3 is 1. The van der Waals surface area contributed by atoms with Crippen LogP contribution in [0.15, 0.2) is 45.7 Å². The molecule has 0 spiro atoms. The smallest absolute Gasteiger partial charge is 0.248 e. The fourth-order valence-corrected chi connectivity index (χ4v) is 3.52. The fraction of sp³-hybridized carbons (Fsp3) is 0.350. The lowest BCUT2D eigenvalue weighted by molar-refractivity contribution is -0.0434. The average Bonchev–Trinajstić information content (AvgIpc) is 3.13. The maximum atomic E-state index is 13.4. The van der Waals surface area contributed by atoms with Crippen molar-refractivity contribution in [2.45, 2.75) is 42.4 Å². The first-order chi connectivity index (χ1) is 13.8. The third-order valence-electron chi connectivity index (χ3n) is 4.64. The Morgan fingerprint density at radius 3 is 2.69 bits per heavy atom. The van der Waals surface area contributed by atoms with Crippen LogP contribution in [0.4, 0.5) is 17.6 Å². The first kappa shape index (κ1) is 21.4. The Morgan fingerprint density at radius 2 is 2.03 bits per heavy atom. The molecule has 0 radical (unpaired) electrons. The van der Waals surface area contributed by atoms with E-state index in [1.54, 1.807) is 12.1 Å². The summed E-state index contributed by atoms with van der Waals surface area (Å²) in [6, 6.07) is 9.22. The SMILES string of the molecule is COc1cccc(F)c1F.NSc1ccc2nc([C@H]3CCCC(F)(F)C3)oc2c1. The molecule has 4 rings (SSSR count). The van der Waals surface area contributed by atoms with Crippen molar-refractivity contribution in [1.29, 1.82) is 0 Å². The lowest BCUT2D eigenvalue weighted by Crippen LogP contribution is -2.25. The summed E-state index contributed by atoms with van der Waals surface area (Å²) in [5.74, 6) is -4.36. The summed E-state index contributed by atoms with van der Waals surface area (Å²) in [6.45, 7) is 0. The second kappa shape index (κ2) is 9.04. The summed E-state index contributed by atoms with van der Waals surface area (Å²) in [4.78, 5) is 5.19. The third kappa shape index (κ3) is 5.22. The summed E-state index contributed by atoms with van der Waals surface area (Å²) in [5, 5.41) is 5.48. The van der Waals surface area contributed by atoms with E-state index in [2.05, 4.69) is 9.72 Å². The number of alkyl halides is 2. The molecular formula is C20H20F4N2O2S. The zero-order valence-corrected chi connectivity index (χ0v) is 16.4. The number of hydrogen-bond donors (Lipinski definition) is 1. The fourth-order valence-electron chi connectivity index (χ4n) is 3.19. The van der Waals surface area contributed by atoms with Crippen molar-refractivity contribution in [3.63, 3.8) is 0 Å². The number of rotatable bonds is 3. The molecule has 0 saturated heterocycles. The third-order valence-corrected chi connectivity index (χ3v) is 5.16. The highest BCUT2D eigenvalue weighted by atomic mass is 32.2. The number of nitrogens with two attached hydrogens (primary N) is 1. The topological polar surface area (TPSA) is 61.3 Å².